The second kappa shape index (κ2) is 8.14. The maximum absolute atomic E-state index is 14.2. The number of aromatic nitrogens is 3. The Balaban J connectivity index is 1.47. The zero-order valence-electron chi connectivity index (χ0n) is 16.2. The lowest BCUT2D eigenvalue weighted by Gasteiger charge is -2.43. The summed E-state index contributed by atoms with van der Waals surface area (Å²) < 4.78 is 27.9. The Hall–Kier alpha value is -3.42. The number of alkyl halides is 1. The Labute approximate surface area is 172 Å². The Kier molecular flexibility index (Phi) is 5.39. The van der Waals surface area contributed by atoms with Gasteiger partial charge in [0.1, 0.15) is 12.0 Å². The molecule has 0 atom stereocenters. The van der Waals surface area contributed by atoms with E-state index in [0.717, 1.165) is 16.7 Å². The quantitative estimate of drug-likeness (QED) is 0.625. The molecule has 3 aromatic rings. The highest BCUT2D eigenvalue weighted by Gasteiger charge is 2.48. The minimum atomic E-state index is -0.968. The molecule has 1 saturated carbocycles. The van der Waals surface area contributed by atoms with Gasteiger partial charge >= 0.3 is 0 Å². The van der Waals surface area contributed by atoms with Gasteiger partial charge in [-0.1, -0.05) is 24.3 Å². The molecule has 1 aliphatic carbocycles. The van der Waals surface area contributed by atoms with E-state index in [0.29, 0.717) is 5.95 Å². The van der Waals surface area contributed by atoms with Gasteiger partial charge < -0.3 is 11.1 Å². The van der Waals surface area contributed by atoms with Crippen LogP contribution in [0.1, 0.15) is 24.1 Å². The molecule has 0 radical (unpaired) electrons. The van der Waals surface area contributed by atoms with Crippen molar-refractivity contribution < 1.29 is 13.6 Å². The van der Waals surface area contributed by atoms with E-state index in [1.807, 2.05) is 24.3 Å². The molecule has 6 nitrogen and oxygen atoms in total. The van der Waals surface area contributed by atoms with Gasteiger partial charge in [0.2, 0.25) is 11.9 Å². The number of nitrogens with one attached hydrogen (secondary N) is 1. The normalized spacial score (nSPS) is 20.4. The number of amides is 1. The second-order valence-corrected chi connectivity index (χ2v) is 7.61. The summed E-state index contributed by atoms with van der Waals surface area (Å²) in [6.07, 6.45) is 4.44. The van der Waals surface area contributed by atoms with Crippen LogP contribution in [0.15, 0.2) is 55.0 Å². The SMILES string of the molecule is NC(=O)Cc1cccc(-c2cnc(NCC3(c4ncccc4F)CC(F)C3)nc2)c1. The first-order valence-electron chi connectivity index (χ1n) is 9.64. The number of nitrogens with two attached hydrogens (primary N) is 1. The first-order valence-corrected chi connectivity index (χ1v) is 9.64. The predicted octanol–water partition coefficient (Wildman–Crippen LogP) is 3.19. The fraction of sp³-hybridized carbons (Fsp3) is 0.273. The molecule has 30 heavy (non-hydrogen) atoms. The molecule has 3 N–H and O–H groups in total. The first-order chi connectivity index (χ1) is 14.4. The van der Waals surface area contributed by atoms with Gasteiger partial charge in [-0.3, -0.25) is 9.78 Å². The Morgan fingerprint density at radius 1 is 1.13 bits per heavy atom. The fourth-order valence-corrected chi connectivity index (χ4v) is 3.86. The summed E-state index contributed by atoms with van der Waals surface area (Å²) in [5.41, 5.74) is 7.28. The van der Waals surface area contributed by atoms with Gasteiger partial charge in [-0.05, 0) is 36.1 Å². The van der Waals surface area contributed by atoms with Crippen molar-refractivity contribution in [2.75, 3.05) is 11.9 Å². The van der Waals surface area contributed by atoms with E-state index in [1.54, 1.807) is 12.4 Å². The summed E-state index contributed by atoms with van der Waals surface area (Å²) in [6, 6.07) is 10.3. The van der Waals surface area contributed by atoms with Gasteiger partial charge in [0.25, 0.3) is 0 Å². The van der Waals surface area contributed by atoms with Crippen molar-refractivity contribution in [3.05, 3.63) is 72.1 Å². The maximum Gasteiger partial charge on any atom is 0.222 e. The monoisotopic (exact) mass is 409 g/mol. The smallest absolute Gasteiger partial charge is 0.222 e. The van der Waals surface area contributed by atoms with Gasteiger partial charge in [-0.15, -0.1) is 0 Å². The van der Waals surface area contributed by atoms with E-state index >= 15 is 0 Å². The minimum absolute atomic E-state index is 0.163. The standard InChI is InChI=1S/C22H21F2N5O/c23-17-9-22(10-17,20-18(24)5-2-6-26-20)13-29-21-27-11-16(12-28-21)15-4-1-3-14(7-15)8-19(25)30/h1-7,11-12,17H,8-10,13H2,(H2,25,30)(H,27,28,29). The summed E-state index contributed by atoms with van der Waals surface area (Å²) in [5, 5.41) is 3.09. The van der Waals surface area contributed by atoms with Crippen LogP contribution in [-0.2, 0) is 16.6 Å². The number of rotatable bonds is 7. The van der Waals surface area contributed by atoms with Crippen LogP contribution in [0.2, 0.25) is 0 Å². The van der Waals surface area contributed by atoms with Crippen LogP contribution in [0.4, 0.5) is 14.7 Å². The number of carbonyl (C=O) groups excluding carboxylic acids is 1. The van der Waals surface area contributed by atoms with Crippen molar-refractivity contribution in [3.63, 3.8) is 0 Å². The van der Waals surface area contributed by atoms with E-state index in [-0.39, 0.29) is 31.5 Å². The Bertz CT molecular complexity index is 1050. The fourth-order valence-electron chi connectivity index (χ4n) is 3.86. The van der Waals surface area contributed by atoms with Crippen LogP contribution in [-0.4, -0.2) is 33.6 Å². The highest BCUT2D eigenvalue weighted by molar-refractivity contribution is 5.77. The topological polar surface area (TPSA) is 93.8 Å². The average Bonchev–Trinajstić information content (AvgIpc) is 2.71. The minimum Gasteiger partial charge on any atom is -0.369 e. The van der Waals surface area contributed by atoms with E-state index in [4.69, 9.17) is 5.73 Å². The second-order valence-electron chi connectivity index (χ2n) is 7.61. The third kappa shape index (κ3) is 4.12. The van der Waals surface area contributed by atoms with Crippen LogP contribution < -0.4 is 11.1 Å². The number of primary amides is 1. The van der Waals surface area contributed by atoms with Crippen molar-refractivity contribution >= 4 is 11.9 Å². The van der Waals surface area contributed by atoms with Crippen LogP contribution in [0.25, 0.3) is 11.1 Å². The van der Waals surface area contributed by atoms with Gasteiger partial charge in [0, 0.05) is 36.1 Å². The molecule has 0 unspecified atom stereocenters. The molecule has 1 fully saturated rings. The van der Waals surface area contributed by atoms with E-state index in [9.17, 15) is 13.6 Å². The number of anilines is 1. The third-order valence-corrected chi connectivity index (χ3v) is 5.36. The summed E-state index contributed by atoms with van der Waals surface area (Å²) in [4.78, 5) is 23.9. The molecule has 0 aliphatic heterocycles. The molecule has 1 aliphatic rings. The van der Waals surface area contributed by atoms with Gasteiger partial charge in [0.15, 0.2) is 0 Å². The number of carbonyl (C=O) groups is 1. The van der Waals surface area contributed by atoms with Crippen molar-refractivity contribution in [2.24, 2.45) is 5.73 Å². The highest BCUT2D eigenvalue weighted by Crippen LogP contribution is 2.45. The molecule has 8 heteroatoms. The molecule has 2 heterocycles. The lowest BCUT2D eigenvalue weighted by atomic mass is 9.65. The number of hydrogen-bond acceptors (Lipinski definition) is 5. The van der Waals surface area contributed by atoms with Crippen molar-refractivity contribution in [3.8, 4) is 11.1 Å². The Morgan fingerprint density at radius 3 is 2.57 bits per heavy atom. The molecule has 0 saturated heterocycles. The van der Waals surface area contributed by atoms with E-state index < -0.39 is 23.3 Å². The van der Waals surface area contributed by atoms with Crippen LogP contribution in [0.5, 0.6) is 0 Å². The lowest BCUT2D eigenvalue weighted by Crippen LogP contribution is -2.49. The maximum atomic E-state index is 14.2. The van der Waals surface area contributed by atoms with Crippen molar-refractivity contribution in [1.82, 2.24) is 15.0 Å². The largest absolute Gasteiger partial charge is 0.369 e. The molecule has 154 valence electrons. The number of halogens is 2. The molecule has 2 aromatic heterocycles. The van der Waals surface area contributed by atoms with Gasteiger partial charge in [-0.2, -0.15) is 0 Å². The van der Waals surface area contributed by atoms with E-state index in [2.05, 4.69) is 20.3 Å². The number of nitrogens with zero attached hydrogens (tertiary/aromatic N) is 3. The number of benzene rings is 1. The van der Waals surface area contributed by atoms with E-state index in [1.165, 1.54) is 18.3 Å². The zero-order valence-corrected chi connectivity index (χ0v) is 16.2. The summed E-state index contributed by atoms with van der Waals surface area (Å²) in [6.45, 7) is 0.287. The number of hydrogen-bond donors (Lipinski definition) is 2. The third-order valence-electron chi connectivity index (χ3n) is 5.36. The molecular formula is C22H21F2N5O. The summed E-state index contributed by atoms with van der Waals surface area (Å²) in [7, 11) is 0. The summed E-state index contributed by atoms with van der Waals surface area (Å²) in [5.74, 6) is -0.462. The molecule has 1 amide bonds. The summed E-state index contributed by atoms with van der Waals surface area (Å²) >= 11 is 0. The van der Waals surface area contributed by atoms with Gasteiger partial charge in [0.05, 0.1) is 12.1 Å². The Morgan fingerprint density at radius 2 is 1.90 bits per heavy atom. The molecule has 1 aromatic carbocycles. The highest BCUT2D eigenvalue weighted by atomic mass is 19.1. The predicted molar refractivity (Wildman–Crippen MR) is 109 cm³/mol. The zero-order chi connectivity index (χ0) is 21.1. The molecule has 4 rings (SSSR count). The van der Waals surface area contributed by atoms with Crippen molar-refractivity contribution in [1.29, 1.82) is 0 Å². The average molecular weight is 409 g/mol. The first kappa shape index (κ1) is 19.9. The lowest BCUT2D eigenvalue weighted by molar-refractivity contribution is -0.117. The van der Waals surface area contributed by atoms with Gasteiger partial charge in [-0.25, -0.2) is 18.7 Å². The van der Waals surface area contributed by atoms with Crippen LogP contribution in [0, 0.1) is 5.82 Å². The molecule has 0 bridgehead atoms. The molecular weight excluding hydrogens is 388 g/mol. The molecule has 0 spiro atoms. The number of pyridine rings is 1. The van der Waals surface area contributed by atoms with Crippen molar-refractivity contribution in [2.45, 2.75) is 30.8 Å². The van der Waals surface area contributed by atoms with Crippen LogP contribution in [0.3, 0.4) is 0 Å². The van der Waals surface area contributed by atoms with Crippen LogP contribution >= 0.6 is 0 Å².